The van der Waals surface area contributed by atoms with Crippen LogP contribution in [0, 0.1) is 5.92 Å². The molecule has 0 aliphatic heterocycles. The number of hydrogen-bond donors (Lipinski definition) is 2. The Bertz CT molecular complexity index is 204. The van der Waals surface area contributed by atoms with Gasteiger partial charge in [0.1, 0.15) is 0 Å². The monoisotopic (exact) mass is 213 g/mol. The van der Waals surface area contributed by atoms with Crippen molar-refractivity contribution < 1.29 is 4.79 Å². The van der Waals surface area contributed by atoms with Crippen molar-refractivity contribution in [2.45, 2.75) is 32.2 Å². The van der Waals surface area contributed by atoms with Gasteiger partial charge in [-0.1, -0.05) is 6.92 Å². The number of carbonyl (C=O) groups excluding carboxylic acids is 1. The molecule has 15 heavy (non-hydrogen) atoms. The van der Waals surface area contributed by atoms with Gasteiger partial charge in [-0.05, 0) is 32.4 Å². The van der Waals surface area contributed by atoms with E-state index in [1.54, 1.807) is 0 Å². The second kappa shape index (κ2) is 6.08. The zero-order valence-electron chi connectivity index (χ0n) is 9.83. The maximum atomic E-state index is 11.4. The highest BCUT2D eigenvalue weighted by Gasteiger charge is 2.25. The number of nitrogens with two attached hydrogens (primary N) is 1. The van der Waals surface area contributed by atoms with Crippen LogP contribution in [0.3, 0.4) is 0 Å². The predicted octanol–water partition coefficient (Wildman–Crippen LogP) is 0.182. The quantitative estimate of drug-likeness (QED) is 0.634. The molecule has 1 aliphatic rings. The van der Waals surface area contributed by atoms with Crippen molar-refractivity contribution in [2.75, 3.05) is 26.7 Å². The van der Waals surface area contributed by atoms with Gasteiger partial charge in [0.25, 0.3) is 0 Å². The fourth-order valence-electron chi connectivity index (χ4n) is 1.54. The lowest BCUT2D eigenvalue weighted by Gasteiger charge is -2.16. The SMILES string of the molecule is CC(CN)CC(=O)NCCN(C)C1CC1. The predicted molar refractivity (Wildman–Crippen MR) is 61.5 cm³/mol. The van der Waals surface area contributed by atoms with E-state index >= 15 is 0 Å². The molecule has 0 spiro atoms. The first-order chi connectivity index (χ1) is 7.13. The number of nitrogens with zero attached hydrogens (tertiary/aromatic N) is 1. The van der Waals surface area contributed by atoms with Crippen LogP contribution in [0.1, 0.15) is 26.2 Å². The van der Waals surface area contributed by atoms with Crippen LogP contribution in [0.25, 0.3) is 0 Å². The molecule has 0 aromatic heterocycles. The van der Waals surface area contributed by atoms with Gasteiger partial charge in [-0.15, -0.1) is 0 Å². The van der Waals surface area contributed by atoms with Gasteiger partial charge >= 0.3 is 0 Å². The van der Waals surface area contributed by atoms with E-state index < -0.39 is 0 Å². The average Bonchev–Trinajstić information content (AvgIpc) is 3.00. The van der Waals surface area contributed by atoms with Gasteiger partial charge < -0.3 is 16.0 Å². The van der Waals surface area contributed by atoms with Crippen LogP contribution in [-0.4, -0.2) is 43.5 Å². The van der Waals surface area contributed by atoms with E-state index in [0.29, 0.717) is 13.0 Å². The highest BCUT2D eigenvalue weighted by molar-refractivity contribution is 5.76. The zero-order chi connectivity index (χ0) is 11.3. The summed E-state index contributed by atoms with van der Waals surface area (Å²) in [6, 6.07) is 0.768. The summed E-state index contributed by atoms with van der Waals surface area (Å²) in [5, 5.41) is 2.93. The van der Waals surface area contributed by atoms with Crippen molar-refractivity contribution in [2.24, 2.45) is 11.7 Å². The molecule has 0 aromatic carbocycles. The Hall–Kier alpha value is -0.610. The van der Waals surface area contributed by atoms with E-state index in [-0.39, 0.29) is 11.8 Å². The average molecular weight is 213 g/mol. The van der Waals surface area contributed by atoms with E-state index in [4.69, 9.17) is 5.73 Å². The highest BCUT2D eigenvalue weighted by Crippen LogP contribution is 2.24. The van der Waals surface area contributed by atoms with Crippen molar-refractivity contribution in [3.05, 3.63) is 0 Å². The van der Waals surface area contributed by atoms with Gasteiger partial charge in [0.2, 0.25) is 5.91 Å². The molecule has 1 unspecified atom stereocenters. The molecule has 1 fully saturated rings. The lowest BCUT2D eigenvalue weighted by Crippen LogP contribution is -2.35. The number of amides is 1. The molecule has 0 heterocycles. The third kappa shape index (κ3) is 5.14. The summed E-state index contributed by atoms with van der Waals surface area (Å²) in [6.07, 6.45) is 3.17. The van der Waals surface area contributed by atoms with Crippen LogP contribution in [0.2, 0.25) is 0 Å². The van der Waals surface area contributed by atoms with Crippen LogP contribution in [0.4, 0.5) is 0 Å². The van der Waals surface area contributed by atoms with Crippen molar-refractivity contribution in [3.8, 4) is 0 Å². The second-order valence-electron chi connectivity index (χ2n) is 4.61. The molecular formula is C11H23N3O. The fraction of sp³-hybridized carbons (Fsp3) is 0.909. The summed E-state index contributed by atoms with van der Waals surface area (Å²) in [6.45, 7) is 4.28. The summed E-state index contributed by atoms with van der Waals surface area (Å²) in [4.78, 5) is 13.7. The Morgan fingerprint density at radius 3 is 2.80 bits per heavy atom. The van der Waals surface area contributed by atoms with E-state index in [0.717, 1.165) is 19.1 Å². The molecule has 0 radical (unpaired) electrons. The van der Waals surface area contributed by atoms with Gasteiger partial charge in [0.05, 0.1) is 0 Å². The van der Waals surface area contributed by atoms with Crippen molar-refractivity contribution in [1.29, 1.82) is 0 Å². The molecule has 88 valence electrons. The Kier molecular flexibility index (Phi) is 5.05. The van der Waals surface area contributed by atoms with Crippen molar-refractivity contribution >= 4 is 5.91 Å². The number of rotatable bonds is 7. The molecule has 1 rings (SSSR count). The molecule has 4 nitrogen and oxygen atoms in total. The highest BCUT2D eigenvalue weighted by atomic mass is 16.1. The molecule has 0 bridgehead atoms. The van der Waals surface area contributed by atoms with E-state index in [2.05, 4.69) is 17.3 Å². The van der Waals surface area contributed by atoms with Crippen LogP contribution >= 0.6 is 0 Å². The van der Waals surface area contributed by atoms with Gasteiger partial charge in [-0.25, -0.2) is 0 Å². The van der Waals surface area contributed by atoms with Crippen LogP contribution < -0.4 is 11.1 Å². The van der Waals surface area contributed by atoms with Crippen molar-refractivity contribution in [1.82, 2.24) is 10.2 Å². The third-order valence-electron chi connectivity index (χ3n) is 2.89. The largest absolute Gasteiger partial charge is 0.355 e. The minimum absolute atomic E-state index is 0.122. The van der Waals surface area contributed by atoms with Crippen molar-refractivity contribution in [3.63, 3.8) is 0 Å². The van der Waals surface area contributed by atoms with E-state index in [1.807, 2.05) is 6.92 Å². The normalized spacial score (nSPS) is 17.9. The van der Waals surface area contributed by atoms with Crippen LogP contribution in [0.15, 0.2) is 0 Å². The molecule has 1 aliphatic carbocycles. The summed E-state index contributed by atoms with van der Waals surface area (Å²) < 4.78 is 0. The summed E-state index contributed by atoms with van der Waals surface area (Å²) >= 11 is 0. The summed E-state index contributed by atoms with van der Waals surface area (Å²) in [5.74, 6) is 0.406. The first-order valence-corrected chi connectivity index (χ1v) is 5.80. The van der Waals surface area contributed by atoms with E-state index in [9.17, 15) is 4.79 Å². The fourth-order valence-corrected chi connectivity index (χ4v) is 1.54. The smallest absolute Gasteiger partial charge is 0.220 e. The number of carbonyl (C=O) groups is 1. The van der Waals surface area contributed by atoms with E-state index in [1.165, 1.54) is 12.8 Å². The Labute approximate surface area is 92.2 Å². The van der Waals surface area contributed by atoms with Crippen LogP contribution in [0.5, 0.6) is 0 Å². The number of nitrogens with one attached hydrogen (secondary N) is 1. The molecular weight excluding hydrogens is 190 g/mol. The molecule has 4 heteroatoms. The standard InChI is InChI=1S/C11H23N3O/c1-9(8-12)7-11(15)13-5-6-14(2)10-3-4-10/h9-10H,3-8,12H2,1-2H3,(H,13,15). The van der Waals surface area contributed by atoms with Crippen LogP contribution in [-0.2, 0) is 4.79 Å². The molecule has 0 saturated heterocycles. The minimum atomic E-state index is 0.122. The Morgan fingerprint density at radius 1 is 1.60 bits per heavy atom. The van der Waals surface area contributed by atoms with Gasteiger partial charge in [0.15, 0.2) is 0 Å². The number of hydrogen-bond acceptors (Lipinski definition) is 3. The van der Waals surface area contributed by atoms with Gasteiger partial charge in [-0.2, -0.15) is 0 Å². The molecule has 1 amide bonds. The van der Waals surface area contributed by atoms with Gasteiger partial charge in [0, 0.05) is 25.6 Å². The molecule has 0 aromatic rings. The maximum Gasteiger partial charge on any atom is 0.220 e. The Balaban J connectivity index is 2.00. The molecule has 1 atom stereocenters. The lowest BCUT2D eigenvalue weighted by molar-refractivity contribution is -0.121. The number of likely N-dealkylation sites (N-methyl/N-ethyl adjacent to an activating group) is 1. The lowest BCUT2D eigenvalue weighted by atomic mass is 10.1. The first-order valence-electron chi connectivity index (χ1n) is 5.80. The zero-order valence-corrected chi connectivity index (χ0v) is 9.83. The summed E-state index contributed by atoms with van der Waals surface area (Å²) in [5.41, 5.74) is 5.46. The second-order valence-corrected chi connectivity index (χ2v) is 4.61. The summed E-state index contributed by atoms with van der Waals surface area (Å²) in [7, 11) is 2.12. The van der Waals surface area contributed by atoms with Gasteiger partial charge in [-0.3, -0.25) is 4.79 Å². The first kappa shape index (κ1) is 12.5. The minimum Gasteiger partial charge on any atom is -0.355 e. The molecule has 3 N–H and O–H groups in total. The third-order valence-corrected chi connectivity index (χ3v) is 2.89. The maximum absolute atomic E-state index is 11.4. The topological polar surface area (TPSA) is 58.4 Å². The Morgan fingerprint density at radius 2 is 2.27 bits per heavy atom. The molecule has 1 saturated carbocycles.